The lowest BCUT2D eigenvalue weighted by Gasteiger charge is -2.19. The van der Waals surface area contributed by atoms with Crippen molar-refractivity contribution in [3.8, 4) is 0 Å². The maximum absolute atomic E-state index is 5.06. The van der Waals surface area contributed by atoms with E-state index in [-0.39, 0.29) is 0 Å². The SMILES string of the molecule is CCCc1nc2sc3c(N(CC)CC)ncnc3c2c2c1CCC2. The molecule has 3 aromatic heterocycles. The van der Waals surface area contributed by atoms with Gasteiger partial charge in [0.2, 0.25) is 0 Å². The summed E-state index contributed by atoms with van der Waals surface area (Å²) >= 11 is 1.78. The Morgan fingerprint density at radius 2 is 1.88 bits per heavy atom. The van der Waals surface area contributed by atoms with Gasteiger partial charge >= 0.3 is 0 Å². The van der Waals surface area contributed by atoms with Crippen molar-refractivity contribution in [3.05, 3.63) is 23.1 Å². The lowest BCUT2D eigenvalue weighted by molar-refractivity contribution is 0.850. The smallest absolute Gasteiger partial charge is 0.150 e. The highest BCUT2D eigenvalue weighted by Crippen LogP contribution is 2.42. The predicted octanol–water partition coefficient (Wildman–Crippen LogP) is 4.53. The van der Waals surface area contributed by atoms with Crippen LogP contribution in [0.5, 0.6) is 0 Å². The van der Waals surface area contributed by atoms with Crippen LogP contribution in [0.4, 0.5) is 5.82 Å². The fourth-order valence-corrected chi connectivity index (χ4v) is 5.15. The number of rotatable bonds is 5. The van der Waals surface area contributed by atoms with E-state index in [0.717, 1.165) is 42.1 Å². The molecule has 3 heterocycles. The molecule has 0 aliphatic heterocycles. The van der Waals surface area contributed by atoms with Crippen LogP contribution in [0.3, 0.4) is 0 Å². The molecular formula is C19H24N4S. The first-order valence-electron chi connectivity index (χ1n) is 9.11. The number of hydrogen-bond donors (Lipinski definition) is 0. The molecule has 24 heavy (non-hydrogen) atoms. The van der Waals surface area contributed by atoms with Crippen LogP contribution in [0.2, 0.25) is 0 Å². The van der Waals surface area contributed by atoms with E-state index in [0.29, 0.717) is 0 Å². The number of pyridine rings is 1. The maximum atomic E-state index is 5.06. The summed E-state index contributed by atoms with van der Waals surface area (Å²) in [5, 5.41) is 1.30. The maximum Gasteiger partial charge on any atom is 0.150 e. The van der Waals surface area contributed by atoms with Crippen LogP contribution in [0, 0.1) is 0 Å². The molecule has 4 rings (SSSR count). The number of hydrogen-bond acceptors (Lipinski definition) is 5. The lowest BCUT2D eigenvalue weighted by Crippen LogP contribution is -2.23. The quantitative estimate of drug-likeness (QED) is 0.684. The Morgan fingerprint density at radius 1 is 1.08 bits per heavy atom. The minimum atomic E-state index is 0.962. The molecule has 5 heteroatoms. The van der Waals surface area contributed by atoms with Gasteiger partial charge in [0.05, 0.1) is 10.2 Å². The second-order valence-corrected chi connectivity index (χ2v) is 7.45. The van der Waals surface area contributed by atoms with Crippen molar-refractivity contribution in [2.45, 2.75) is 52.9 Å². The van der Waals surface area contributed by atoms with Gasteiger partial charge in [0.25, 0.3) is 0 Å². The minimum absolute atomic E-state index is 0.962. The van der Waals surface area contributed by atoms with Crippen molar-refractivity contribution < 1.29 is 0 Å². The number of aryl methyl sites for hydroxylation is 2. The Labute approximate surface area is 146 Å². The number of nitrogens with zero attached hydrogens (tertiary/aromatic N) is 4. The molecule has 1 aliphatic carbocycles. The first-order valence-corrected chi connectivity index (χ1v) is 9.92. The zero-order valence-electron chi connectivity index (χ0n) is 14.7. The molecular weight excluding hydrogens is 316 g/mol. The van der Waals surface area contributed by atoms with Crippen molar-refractivity contribution >= 4 is 37.6 Å². The molecule has 0 radical (unpaired) electrons. The summed E-state index contributed by atoms with van der Waals surface area (Å²) in [4.78, 5) is 17.8. The van der Waals surface area contributed by atoms with Crippen molar-refractivity contribution in [1.82, 2.24) is 15.0 Å². The van der Waals surface area contributed by atoms with E-state index in [1.54, 1.807) is 17.7 Å². The minimum Gasteiger partial charge on any atom is -0.356 e. The molecule has 1 aliphatic rings. The average Bonchev–Trinajstić information content (AvgIpc) is 3.20. The normalized spacial score (nSPS) is 13.8. The van der Waals surface area contributed by atoms with E-state index in [1.165, 1.54) is 46.2 Å². The molecule has 0 spiro atoms. The Hall–Kier alpha value is -1.75. The van der Waals surface area contributed by atoms with E-state index in [1.807, 2.05) is 0 Å². The van der Waals surface area contributed by atoms with Crippen LogP contribution in [-0.4, -0.2) is 28.0 Å². The zero-order chi connectivity index (χ0) is 16.7. The van der Waals surface area contributed by atoms with Gasteiger partial charge in [0, 0.05) is 24.2 Å². The first-order chi connectivity index (χ1) is 11.8. The molecule has 0 saturated carbocycles. The lowest BCUT2D eigenvalue weighted by atomic mass is 10.0. The van der Waals surface area contributed by atoms with E-state index in [4.69, 9.17) is 4.98 Å². The molecule has 3 aromatic rings. The van der Waals surface area contributed by atoms with Gasteiger partial charge in [-0.2, -0.15) is 0 Å². The van der Waals surface area contributed by atoms with Crippen molar-refractivity contribution in [3.63, 3.8) is 0 Å². The second kappa shape index (κ2) is 6.28. The van der Waals surface area contributed by atoms with Gasteiger partial charge in [-0.05, 0) is 50.7 Å². The summed E-state index contributed by atoms with van der Waals surface area (Å²) in [6.45, 7) is 8.52. The van der Waals surface area contributed by atoms with Gasteiger partial charge in [0.15, 0.2) is 0 Å². The van der Waals surface area contributed by atoms with Gasteiger partial charge in [-0.15, -0.1) is 11.3 Å². The van der Waals surface area contributed by atoms with Crippen LogP contribution in [0.1, 0.15) is 50.4 Å². The van der Waals surface area contributed by atoms with E-state index in [9.17, 15) is 0 Å². The van der Waals surface area contributed by atoms with Gasteiger partial charge < -0.3 is 4.90 Å². The van der Waals surface area contributed by atoms with E-state index >= 15 is 0 Å². The fraction of sp³-hybridized carbons (Fsp3) is 0.526. The standard InChI is InChI=1S/C19H24N4S/c1-4-8-14-12-9-7-10-13(12)15-16-17(24-19(15)22-14)18(21-11-20-16)23(5-2)6-3/h11H,4-10H2,1-3H3. The molecule has 4 nitrogen and oxygen atoms in total. The van der Waals surface area contributed by atoms with Gasteiger partial charge in [-0.3, -0.25) is 0 Å². The first kappa shape index (κ1) is 15.8. The second-order valence-electron chi connectivity index (χ2n) is 6.45. The largest absolute Gasteiger partial charge is 0.356 e. The van der Waals surface area contributed by atoms with Crippen LogP contribution in [-0.2, 0) is 19.3 Å². The number of thiophene rings is 1. The third-order valence-electron chi connectivity index (χ3n) is 5.09. The van der Waals surface area contributed by atoms with Crippen LogP contribution >= 0.6 is 11.3 Å². The van der Waals surface area contributed by atoms with Crippen molar-refractivity contribution in [1.29, 1.82) is 0 Å². The summed E-state index contributed by atoms with van der Waals surface area (Å²) < 4.78 is 1.20. The summed E-state index contributed by atoms with van der Waals surface area (Å²) in [6, 6.07) is 0. The third-order valence-corrected chi connectivity index (χ3v) is 6.16. The van der Waals surface area contributed by atoms with Crippen molar-refractivity contribution in [2.24, 2.45) is 0 Å². The third kappa shape index (κ3) is 2.29. The highest BCUT2D eigenvalue weighted by atomic mass is 32.1. The van der Waals surface area contributed by atoms with Crippen molar-refractivity contribution in [2.75, 3.05) is 18.0 Å². The molecule has 0 amide bonds. The van der Waals surface area contributed by atoms with Gasteiger partial charge in [-0.1, -0.05) is 13.3 Å². The Morgan fingerprint density at radius 3 is 2.62 bits per heavy atom. The number of anilines is 1. The molecule has 0 atom stereocenters. The Balaban J connectivity index is 2.03. The highest BCUT2D eigenvalue weighted by Gasteiger charge is 2.24. The molecule has 0 fully saturated rings. The number of aromatic nitrogens is 3. The summed E-state index contributed by atoms with van der Waals surface area (Å²) in [7, 11) is 0. The number of fused-ring (bicyclic) bond motifs is 5. The van der Waals surface area contributed by atoms with Crippen LogP contribution in [0.15, 0.2) is 6.33 Å². The summed E-state index contributed by atoms with van der Waals surface area (Å²) in [6.07, 6.45) is 7.56. The summed E-state index contributed by atoms with van der Waals surface area (Å²) in [5.74, 6) is 1.07. The van der Waals surface area contributed by atoms with Crippen LogP contribution in [0.25, 0.3) is 20.4 Å². The Kier molecular flexibility index (Phi) is 4.12. The molecule has 0 bridgehead atoms. The average molecular weight is 340 g/mol. The predicted molar refractivity (Wildman–Crippen MR) is 102 cm³/mol. The fourth-order valence-electron chi connectivity index (χ4n) is 3.96. The monoisotopic (exact) mass is 340 g/mol. The van der Waals surface area contributed by atoms with Gasteiger partial charge in [-0.25, -0.2) is 15.0 Å². The summed E-state index contributed by atoms with van der Waals surface area (Å²) in [5.41, 5.74) is 5.45. The molecule has 0 aromatic carbocycles. The van der Waals surface area contributed by atoms with Crippen LogP contribution < -0.4 is 4.90 Å². The molecule has 0 unspecified atom stereocenters. The van der Waals surface area contributed by atoms with E-state index in [2.05, 4.69) is 35.6 Å². The zero-order valence-corrected chi connectivity index (χ0v) is 15.5. The molecule has 126 valence electrons. The topological polar surface area (TPSA) is 41.9 Å². The molecule has 0 N–H and O–H groups in total. The van der Waals surface area contributed by atoms with E-state index < -0.39 is 0 Å². The molecule has 0 saturated heterocycles. The van der Waals surface area contributed by atoms with Gasteiger partial charge in [0.1, 0.15) is 17.0 Å². The highest BCUT2D eigenvalue weighted by molar-refractivity contribution is 7.26. The Bertz CT molecular complexity index is 895.